The second-order valence-corrected chi connectivity index (χ2v) is 5.37. The first-order valence-corrected chi connectivity index (χ1v) is 7.45. The summed E-state index contributed by atoms with van der Waals surface area (Å²) in [6.07, 6.45) is 2.02. The second-order valence-electron chi connectivity index (χ2n) is 4.49. The minimum Gasteiger partial charge on any atom is -0.375 e. The van der Waals surface area contributed by atoms with Gasteiger partial charge in [-0.2, -0.15) is 0 Å². The predicted octanol–water partition coefficient (Wildman–Crippen LogP) is 2.22. The van der Waals surface area contributed by atoms with Gasteiger partial charge in [0.05, 0.1) is 12.7 Å². The van der Waals surface area contributed by atoms with Crippen molar-refractivity contribution in [3.05, 3.63) is 29.8 Å². The maximum Gasteiger partial charge on any atom is 0.168 e. The lowest BCUT2D eigenvalue weighted by atomic mass is 9.93. The molecule has 0 bridgehead atoms. The molecule has 2 atom stereocenters. The summed E-state index contributed by atoms with van der Waals surface area (Å²) in [6, 6.07) is 7.79. The molecule has 0 aliphatic carbocycles. The molecule has 0 radical (unpaired) electrons. The highest BCUT2D eigenvalue weighted by Crippen LogP contribution is 2.19. The Morgan fingerprint density at radius 1 is 1.44 bits per heavy atom. The molecular formula is C14H19NO2S. The van der Waals surface area contributed by atoms with Crippen molar-refractivity contribution >= 4 is 17.5 Å². The van der Waals surface area contributed by atoms with E-state index in [-0.39, 0.29) is 17.8 Å². The second kappa shape index (κ2) is 6.36. The smallest absolute Gasteiger partial charge is 0.168 e. The lowest BCUT2D eigenvalue weighted by Gasteiger charge is -2.28. The van der Waals surface area contributed by atoms with E-state index in [0.29, 0.717) is 6.61 Å². The van der Waals surface area contributed by atoms with Crippen LogP contribution in [0.1, 0.15) is 17.3 Å². The molecule has 1 aliphatic rings. The molecule has 1 aromatic rings. The van der Waals surface area contributed by atoms with Gasteiger partial charge in [-0.05, 0) is 18.4 Å². The number of ketones is 1. The molecule has 2 rings (SSSR count). The number of hydrogen-bond acceptors (Lipinski definition) is 4. The molecule has 2 unspecified atom stereocenters. The molecule has 1 fully saturated rings. The van der Waals surface area contributed by atoms with Gasteiger partial charge in [0.15, 0.2) is 5.78 Å². The van der Waals surface area contributed by atoms with E-state index < -0.39 is 0 Å². The van der Waals surface area contributed by atoms with Gasteiger partial charge in [-0.1, -0.05) is 19.1 Å². The molecule has 3 nitrogen and oxygen atoms in total. The van der Waals surface area contributed by atoms with E-state index in [9.17, 15) is 4.79 Å². The zero-order valence-electron chi connectivity index (χ0n) is 10.8. The third-order valence-corrected chi connectivity index (χ3v) is 4.05. The Morgan fingerprint density at radius 3 is 2.72 bits per heavy atom. The zero-order chi connectivity index (χ0) is 13.0. The SMILES string of the molecule is CSc1ccc(C(=O)C(C)C2CNCCO2)cc1. The van der Waals surface area contributed by atoms with Gasteiger partial charge in [-0.25, -0.2) is 0 Å². The van der Waals surface area contributed by atoms with E-state index in [1.165, 1.54) is 4.90 Å². The average molecular weight is 265 g/mol. The van der Waals surface area contributed by atoms with Gasteiger partial charge in [-0.3, -0.25) is 4.79 Å². The van der Waals surface area contributed by atoms with Gasteiger partial charge in [0.2, 0.25) is 0 Å². The maximum atomic E-state index is 12.3. The van der Waals surface area contributed by atoms with Crippen molar-refractivity contribution in [1.29, 1.82) is 0 Å². The highest BCUT2D eigenvalue weighted by molar-refractivity contribution is 7.98. The van der Waals surface area contributed by atoms with Crippen molar-refractivity contribution in [3.63, 3.8) is 0 Å². The van der Waals surface area contributed by atoms with Gasteiger partial charge < -0.3 is 10.1 Å². The summed E-state index contributed by atoms with van der Waals surface area (Å²) in [4.78, 5) is 13.5. The molecule has 4 heteroatoms. The van der Waals surface area contributed by atoms with Gasteiger partial charge in [0.1, 0.15) is 0 Å². The number of Topliss-reactive ketones (excluding diaryl/α,β-unsaturated/α-hetero) is 1. The van der Waals surface area contributed by atoms with Gasteiger partial charge in [0, 0.05) is 29.5 Å². The molecule has 0 saturated carbocycles. The van der Waals surface area contributed by atoms with E-state index in [0.717, 1.165) is 18.7 Å². The van der Waals surface area contributed by atoms with E-state index in [1.54, 1.807) is 11.8 Å². The van der Waals surface area contributed by atoms with Crippen LogP contribution in [0.15, 0.2) is 29.2 Å². The summed E-state index contributed by atoms with van der Waals surface area (Å²) in [6.45, 7) is 4.27. The van der Waals surface area contributed by atoms with Crippen LogP contribution in [-0.2, 0) is 4.74 Å². The standard InChI is InChI=1S/C14H19NO2S/c1-10(13-9-15-7-8-17-13)14(16)11-3-5-12(18-2)6-4-11/h3-6,10,13,15H,7-9H2,1-2H3. The molecule has 1 aliphatic heterocycles. The normalized spacial score (nSPS) is 21.6. The van der Waals surface area contributed by atoms with Crippen LogP contribution in [0.25, 0.3) is 0 Å². The summed E-state index contributed by atoms with van der Waals surface area (Å²) in [5.41, 5.74) is 0.773. The number of ether oxygens (including phenoxy) is 1. The van der Waals surface area contributed by atoms with Gasteiger partial charge >= 0.3 is 0 Å². The largest absolute Gasteiger partial charge is 0.375 e. The number of benzene rings is 1. The zero-order valence-corrected chi connectivity index (χ0v) is 11.6. The van der Waals surface area contributed by atoms with Gasteiger partial charge in [0.25, 0.3) is 0 Å². The molecule has 0 amide bonds. The third-order valence-electron chi connectivity index (χ3n) is 3.30. The molecule has 0 spiro atoms. The summed E-state index contributed by atoms with van der Waals surface area (Å²) in [5, 5.41) is 3.26. The van der Waals surface area contributed by atoms with Crippen LogP contribution in [0.3, 0.4) is 0 Å². The van der Waals surface area contributed by atoms with Crippen LogP contribution in [0.4, 0.5) is 0 Å². The quantitative estimate of drug-likeness (QED) is 0.669. The number of rotatable bonds is 4. The van der Waals surface area contributed by atoms with E-state index >= 15 is 0 Å². The molecule has 0 aromatic heterocycles. The monoisotopic (exact) mass is 265 g/mol. The lowest BCUT2D eigenvalue weighted by Crippen LogP contribution is -2.44. The van der Waals surface area contributed by atoms with Crippen LogP contribution in [0.2, 0.25) is 0 Å². The van der Waals surface area contributed by atoms with Crippen molar-refractivity contribution in [2.24, 2.45) is 5.92 Å². The van der Waals surface area contributed by atoms with Crippen molar-refractivity contribution in [2.45, 2.75) is 17.9 Å². The van der Waals surface area contributed by atoms with Crippen LogP contribution >= 0.6 is 11.8 Å². The first kappa shape index (κ1) is 13.6. The Morgan fingerprint density at radius 2 is 2.17 bits per heavy atom. The Hall–Kier alpha value is -0.840. The number of nitrogens with one attached hydrogen (secondary N) is 1. The lowest BCUT2D eigenvalue weighted by molar-refractivity contribution is -0.000139. The third kappa shape index (κ3) is 3.13. The fourth-order valence-electron chi connectivity index (χ4n) is 2.09. The number of hydrogen-bond donors (Lipinski definition) is 1. The van der Waals surface area contributed by atoms with Crippen molar-refractivity contribution in [2.75, 3.05) is 26.0 Å². The Kier molecular flexibility index (Phi) is 4.80. The molecule has 1 heterocycles. The highest BCUT2D eigenvalue weighted by Gasteiger charge is 2.27. The number of carbonyl (C=O) groups excluding carboxylic acids is 1. The Bertz CT molecular complexity index is 399. The fraction of sp³-hybridized carbons (Fsp3) is 0.500. The van der Waals surface area contributed by atoms with E-state index in [1.807, 2.05) is 37.4 Å². The summed E-state index contributed by atoms with van der Waals surface area (Å²) in [5.74, 6) is 0.0642. The summed E-state index contributed by atoms with van der Waals surface area (Å²) < 4.78 is 5.64. The predicted molar refractivity (Wildman–Crippen MR) is 74.3 cm³/mol. The average Bonchev–Trinajstić information content (AvgIpc) is 2.47. The van der Waals surface area contributed by atoms with Crippen LogP contribution in [0, 0.1) is 5.92 Å². The van der Waals surface area contributed by atoms with Crippen LogP contribution in [-0.4, -0.2) is 37.8 Å². The van der Waals surface area contributed by atoms with E-state index in [2.05, 4.69) is 5.32 Å². The highest BCUT2D eigenvalue weighted by atomic mass is 32.2. The molecule has 98 valence electrons. The topological polar surface area (TPSA) is 38.3 Å². The fourth-order valence-corrected chi connectivity index (χ4v) is 2.50. The summed E-state index contributed by atoms with van der Waals surface area (Å²) in [7, 11) is 0. The summed E-state index contributed by atoms with van der Waals surface area (Å²) >= 11 is 1.68. The first-order valence-electron chi connectivity index (χ1n) is 6.23. The van der Waals surface area contributed by atoms with E-state index in [4.69, 9.17) is 4.74 Å². The molecule has 1 aromatic carbocycles. The van der Waals surface area contributed by atoms with Gasteiger partial charge in [-0.15, -0.1) is 11.8 Å². The Labute approximate surface area is 112 Å². The van der Waals surface area contributed by atoms with Crippen molar-refractivity contribution in [1.82, 2.24) is 5.32 Å². The number of carbonyl (C=O) groups is 1. The minimum absolute atomic E-state index is 0.00789. The number of thioether (sulfide) groups is 1. The molecular weight excluding hydrogens is 246 g/mol. The molecule has 1 N–H and O–H groups in total. The molecule has 1 saturated heterocycles. The van der Waals surface area contributed by atoms with Crippen molar-refractivity contribution < 1.29 is 9.53 Å². The molecule has 18 heavy (non-hydrogen) atoms. The number of morpholine rings is 1. The van der Waals surface area contributed by atoms with Crippen molar-refractivity contribution in [3.8, 4) is 0 Å². The Balaban J connectivity index is 2.04. The van der Waals surface area contributed by atoms with Crippen LogP contribution < -0.4 is 5.32 Å². The van der Waals surface area contributed by atoms with Crippen LogP contribution in [0.5, 0.6) is 0 Å². The first-order chi connectivity index (χ1) is 8.72. The minimum atomic E-state index is -0.0991. The maximum absolute atomic E-state index is 12.3.